The van der Waals surface area contributed by atoms with Crippen molar-refractivity contribution < 1.29 is 9.50 Å². The number of hydrogen-bond acceptors (Lipinski definition) is 2. The van der Waals surface area contributed by atoms with E-state index in [9.17, 15) is 4.39 Å². The van der Waals surface area contributed by atoms with E-state index in [0.29, 0.717) is 5.56 Å². The first-order valence-corrected chi connectivity index (χ1v) is 5.50. The minimum absolute atomic E-state index is 0.118. The SMILES string of the molecule is CC1=CCCN(c2cc(F)cc(CO)c2)C1. The Morgan fingerprint density at radius 2 is 2.19 bits per heavy atom. The second-order valence-electron chi connectivity index (χ2n) is 4.24. The van der Waals surface area contributed by atoms with Crippen LogP contribution >= 0.6 is 0 Å². The maximum atomic E-state index is 13.3. The zero-order chi connectivity index (χ0) is 11.5. The molecule has 0 amide bonds. The molecule has 16 heavy (non-hydrogen) atoms. The van der Waals surface area contributed by atoms with Gasteiger partial charge in [-0.3, -0.25) is 0 Å². The smallest absolute Gasteiger partial charge is 0.125 e. The van der Waals surface area contributed by atoms with E-state index in [2.05, 4.69) is 17.9 Å². The Labute approximate surface area is 95.0 Å². The standard InChI is InChI=1S/C13H16FNO/c1-10-3-2-4-15(8-10)13-6-11(9-16)5-12(14)7-13/h3,5-7,16H,2,4,8-9H2,1H3. The van der Waals surface area contributed by atoms with Crippen LogP contribution in [-0.4, -0.2) is 18.2 Å². The Hall–Kier alpha value is -1.35. The van der Waals surface area contributed by atoms with Gasteiger partial charge >= 0.3 is 0 Å². The number of aliphatic hydroxyl groups is 1. The number of nitrogens with zero attached hydrogens (tertiary/aromatic N) is 1. The first-order valence-electron chi connectivity index (χ1n) is 5.50. The van der Waals surface area contributed by atoms with Gasteiger partial charge in [0, 0.05) is 18.8 Å². The van der Waals surface area contributed by atoms with E-state index in [-0.39, 0.29) is 12.4 Å². The van der Waals surface area contributed by atoms with Gasteiger partial charge in [0.05, 0.1) is 6.61 Å². The number of halogens is 1. The van der Waals surface area contributed by atoms with E-state index < -0.39 is 0 Å². The van der Waals surface area contributed by atoms with Crippen LogP contribution in [0.3, 0.4) is 0 Å². The van der Waals surface area contributed by atoms with Crippen molar-refractivity contribution in [3.05, 3.63) is 41.2 Å². The molecule has 0 saturated carbocycles. The van der Waals surface area contributed by atoms with Crippen molar-refractivity contribution in [2.24, 2.45) is 0 Å². The monoisotopic (exact) mass is 221 g/mol. The molecule has 1 heterocycles. The highest BCUT2D eigenvalue weighted by Gasteiger charge is 2.12. The van der Waals surface area contributed by atoms with E-state index in [4.69, 9.17) is 5.11 Å². The molecule has 3 heteroatoms. The maximum Gasteiger partial charge on any atom is 0.125 e. The van der Waals surface area contributed by atoms with Crippen molar-refractivity contribution in [1.82, 2.24) is 0 Å². The van der Waals surface area contributed by atoms with Gasteiger partial charge < -0.3 is 10.0 Å². The quantitative estimate of drug-likeness (QED) is 0.775. The number of hydrogen-bond donors (Lipinski definition) is 1. The predicted octanol–water partition coefficient (Wildman–Crippen LogP) is 2.47. The number of rotatable bonds is 2. The molecule has 1 aliphatic rings. The minimum Gasteiger partial charge on any atom is -0.392 e. The topological polar surface area (TPSA) is 23.5 Å². The van der Waals surface area contributed by atoms with Gasteiger partial charge in [0.2, 0.25) is 0 Å². The van der Waals surface area contributed by atoms with Crippen LogP contribution in [0.25, 0.3) is 0 Å². The minimum atomic E-state index is -0.284. The molecular formula is C13H16FNO. The van der Waals surface area contributed by atoms with E-state index >= 15 is 0 Å². The van der Waals surface area contributed by atoms with Gasteiger partial charge in [-0.1, -0.05) is 11.6 Å². The molecule has 1 aromatic rings. The Morgan fingerprint density at radius 3 is 2.88 bits per heavy atom. The van der Waals surface area contributed by atoms with Crippen molar-refractivity contribution >= 4 is 5.69 Å². The van der Waals surface area contributed by atoms with E-state index in [0.717, 1.165) is 25.2 Å². The van der Waals surface area contributed by atoms with E-state index in [1.54, 1.807) is 0 Å². The summed E-state index contributed by atoms with van der Waals surface area (Å²) in [7, 11) is 0. The summed E-state index contributed by atoms with van der Waals surface area (Å²) in [4.78, 5) is 2.14. The lowest BCUT2D eigenvalue weighted by molar-refractivity contribution is 0.281. The molecule has 2 rings (SSSR count). The third-order valence-corrected chi connectivity index (χ3v) is 2.82. The van der Waals surface area contributed by atoms with Gasteiger partial charge in [0.25, 0.3) is 0 Å². The van der Waals surface area contributed by atoms with Crippen molar-refractivity contribution in [2.45, 2.75) is 20.0 Å². The number of benzene rings is 1. The largest absolute Gasteiger partial charge is 0.392 e. The van der Waals surface area contributed by atoms with E-state index in [1.807, 2.05) is 6.07 Å². The molecule has 86 valence electrons. The first-order chi connectivity index (χ1) is 7.69. The Balaban J connectivity index is 2.26. The summed E-state index contributed by atoms with van der Waals surface area (Å²) in [6, 6.07) is 4.75. The van der Waals surface area contributed by atoms with Crippen molar-refractivity contribution in [2.75, 3.05) is 18.0 Å². The molecule has 0 aliphatic carbocycles. The van der Waals surface area contributed by atoms with Crippen LogP contribution in [0.5, 0.6) is 0 Å². The lowest BCUT2D eigenvalue weighted by Gasteiger charge is -2.28. The Kier molecular flexibility index (Phi) is 3.25. The molecule has 0 bridgehead atoms. The molecule has 0 radical (unpaired) electrons. The van der Waals surface area contributed by atoms with Gasteiger partial charge in [-0.15, -0.1) is 0 Å². The number of anilines is 1. The molecule has 1 aliphatic heterocycles. The molecule has 1 aromatic carbocycles. The van der Waals surface area contributed by atoms with Crippen molar-refractivity contribution in [1.29, 1.82) is 0 Å². The summed E-state index contributed by atoms with van der Waals surface area (Å²) in [6.07, 6.45) is 3.21. The molecule has 0 aromatic heterocycles. The van der Waals surface area contributed by atoms with Gasteiger partial charge in [-0.2, -0.15) is 0 Å². The summed E-state index contributed by atoms with van der Waals surface area (Å²) in [6.45, 7) is 3.71. The van der Waals surface area contributed by atoms with Gasteiger partial charge in [0.1, 0.15) is 5.82 Å². The average molecular weight is 221 g/mol. The highest BCUT2D eigenvalue weighted by atomic mass is 19.1. The van der Waals surface area contributed by atoms with Gasteiger partial charge in [0.15, 0.2) is 0 Å². The molecule has 1 N–H and O–H groups in total. The first kappa shape index (κ1) is 11.1. The molecule has 0 atom stereocenters. The molecular weight excluding hydrogens is 205 g/mol. The van der Waals surface area contributed by atoms with Gasteiger partial charge in [-0.25, -0.2) is 4.39 Å². The Bertz CT molecular complexity index is 414. The molecule has 0 unspecified atom stereocenters. The van der Waals surface area contributed by atoms with Crippen LogP contribution < -0.4 is 4.90 Å². The predicted molar refractivity (Wildman–Crippen MR) is 62.9 cm³/mol. The highest BCUT2D eigenvalue weighted by molar-refractivity contribution is 5.50. The third kappa shape index (κ3) is 2.42. The molecule has 0 fully saturated rings. The maximum absolute atomic E-state index is 13.3. The van der Waals surface area contributed by atoms with Crippen molar-refractivity contribution in [3.63, 3.8) is 0 Å². The zero-order valence-corrected chi connectivity index (χ0v) is 9.41. The van der Waals surface area contributed by atoms with Crippen LogP contribution in [-0.2, 0) is 6.61 Å². The second kappa shape index (κ2) is 4.66. The summed E-state index contributed by atoms with van der Waals surface area (Å²) >= 11 is 0. The lowest BCUT2D eigenvalue weighted by atomic mass is 10.1. The summed E-state index contributed by atoms with van der Waals surface area (Å²) in [5.41, 5.74) is 2.79. The fourth-order valence-corrected chi connectivity index (χ4v) is 2.04. The highest BCUT2D eigenvalue weighted by Crippen LogP contribution is 2.22. The molecule has 2 nitrogen and oxygen atoms in total. The van der Waals surface area contributed by atoms with Crippen LogP contribution in [0, 0.1) is 5.82 Å². The third-order valence-electron chi connectivity index (χ3n) is 2.82. The van der Waals surface area contributed by atoms with Crippen LogP contribution in [0.15, 0.2) is 29.8 Å². The fraction of sp³-hybridized carbons (Fsp3) is 0.385. The normalized spacial score (nSPS) is 16.2. The summed E-state index contributed by atoms with van der Waals surface area (Å²) in [5.74, 6) is -0.284. The summed E-state index contributed by atoms with van der Waals surface area (Å²) in [5, 5.41) is 9.04. The van der Waals surface area contributed by atoms with Crippen LogP contribution in [0.1, 0.15) is 18.9 Å². The summed E-state index contributed by atoms with van der Waals surface area (Å²) < 4.78 is 13.3. The molecule has 0 saturated heterocycles. The van der Waals surface area contributed by atoms with Crippen LogP contribution in [0.4, 0.5) is 10.1 Å². The van der Waals surface area contributed by atoms with Crippen LogP contribution in [0.2, 0.25) is 0 Å². The second-order valence-corrected chi connectivity index (χ2v) is 4.24. The van der Waals surface area contributed by atoms with Crippen molar-refractivity contribution in [3.8, 4) is 0 Å². The zero-order valence-electron chi connectivity index (χ0n) is 9.41. The average Bonchev–Trinajstić information content (AvgIpc) is 2.28. The van der Waals surface area contributed by atoms with Gasteiger partial charge in [-0.05, 0) is 37.1 Å². The molecule has 0 spiro atoms. The fourth-order valence-electron chi connectivity index (χ4n) is 2.04. The Morgan fingerprint density at radius 1 is 1.38 bits per heavy atom. The van der Waals surface area contributed by atoms with E-state index in [1.165, 1.54) is 17.7 Å². The number of aliphatic hydroxyl groups excluding tert-OH is 1. The lowest BCUT2D eigenvalue weighted by Crippen LogP contribution is -2.29.